The number of hydrogen-bond acceptors (Lipinski definition) is 6. The van der Waals surface area contributed by atoms with Gasteiger partial charge >= 0.3 is 0 Å². The van der Waals surface area contributed by atoms with Crippen LogP contribution < -0.4 is 20.5 Å². The van der Waals surface area contributed by atoms with Gasteiger partial charge in [0.25, 0.3) is 0 Å². The van der Waals surface area contributed by atoms with Gasteiger partial charge in [0.05, 0.1) is 11.2 Å². The minimum Gasteiger partial charge on any atom is -0.486 e. The second kappa shape index (κ2) is 6.95. The molecule has 0 bridgehead atoms. The van der Waals surface area contributed by atoms with Gasteiger partial charge < -0.3 is 20.5 Å². The average Bonchev–Trinajstić information content (AvgIpc) is 3.12. The van der Waals surface area contributed by atoms with Crippen molar-refractivity contribution in [2.45, 2.75) is 38.3 Å². The predicted molar refractivity (Wildman–Crippen MR) is 110 cm³/mol. The van der Waals surface area contributed by atoms with E-state index in [1.54, 1.807) is 0 Å². The van der Waals surface area contributed by atoms with Gasteiger partial charge in [0, 0.05) is 23.0 Å². The third-order valence-electron chi connectivity index (χ3n) is 5.57. The highest BCUT2D eigenvalue weighted by Crippen LogP contribution is 2.40. The lowest BCUT2D eigenvalue weighted by atomic mass is 10.0. The molecular weight excluding hydrogens is 352 g/mol. The third kappa shape index (κ3) is 3.14. The maximum absolute atomic E-state index is 6.02. The van der Waals surface area contributed by atoms with Crippen LogP contribution in [0.2, 0.25) is 0 Å². The molecule has 1 saturated carbocycles. The van der Waals surface area contributed by atoms with Crippen LogP contribution in [0.5, 0.6) is 11.5 Å². The molecule has 6 heteroatoms. The van der Waals surface area contributed by atoms with Gasteiger partial charge in [-0.2, -0.15) is 0 Å². The van der Waals surface area contributed by atoms with E-state index in [0.29, 0.717) is 25.2 Å². The van der Waals surface area contributed by atoms with Crippen molar-refractivity contribution >= 4 is 16.9 Å². The quantitative estimate of drug-likeness (QED) is 0.726. The summed E-state index contributed by atoms with van der Waals surface area (Å²) in [5.74, 6) is 2.29. The zero-order chi connectivity index (χ0) is 19.1. The Bertz CT molecular complexity index is 1040. The molecule has 0 unspecified atom stereocenters. The van der Waals surface area contributed by atoms with E-state index in [2.05, 4.69) is 23.5 Å². The van der Waals surface area contributed by atoms with Crippen LogP contribution >= 0.6 is 0 Å². The summed E-state index contributed by atoms with van der Waals surface area (Å²) in [6, 6.07) is 12.9. The lowest BCUT2D eigenvalue weighted by molar-refractivity contribution is 0.172. The Labute approximate surface area is 164 Å². The number of aryl methyl sites for hydroxylation is 1. The highest BCUT2D eigenvalue weighted by Gasteiger charge is 2.22. The summed E-state index contributed by atoms with van der Waals surface area (Å²) in [4.78, 5) is 9.42. The molecule has 1 aromatic heterocycles. The lowest BCUT2D eigenvalue weighted by Gasteiger charge is -2.21. The molecule has 1 aliphatic carbocycles. The van der Waals surface area contributed by atoms with Crippen molar-refractivity contribution < 1.29 is 9.47 Å². The summed E-state index contributed by atoms with van der Waals surface area (Å²) in [5, 5.41) is 4.49. The van der Waals surface area contributed by atoms with Crippen LogP contribution in [-0.4, -0.2) is 35.3 Å². The number of rotatable bonds is 3. The number of anilines is 1. The Hall–Kier alpha value is -2.86. The summed E-state index contributed by atoms with van der Waals surface area (Å²) in [7, 11) is 0. The van der Waals surface area contributed by atoms with Gasteiger partial charge in [-0.25, -0.2) is 9.97 Å². The smallest absolute Gasteiger partial charge is 0.223 e. The standard InChI is InChI=1S/C22H24N4O2/c1-13-18-11-14(17-3-2-4-20-21(17)28-10-9-27-20)5-8-19(18)26-22(24-13)25-16-7-6-15(23)12-16/h2-5,8,11,15-16H,6-7,9-10,12,23H2,1H3,(H,24,25,26)/t15-,16+/m0/s1. The van der Waals surface area contributed by atoms with Crippen LogP contribution in [0.1, 0.15) is 25.0 Å². The molecule has 0 spiro atoms. The van der Waals surface area contributed by atoms with Gasteiger partial charge in [0.15, 0.2) is 11.5 Å². The molecule has 0 amide bonds. The Kier molecular flexibility index (Phi) is 4.28. The predicted octanol–water partition coefficient (Wildman–Crippen LogP) is 3.67. The molecule has 2 atom stereocenters. The second-order valence-electron chi connectivity index (χ2n) is 7.61. The molecule has 6 nitrogen and oxygen atoms in total. The highest BCUT2D eigenvalue weighted by molar-refractivity contribution is 5.88. The van der Waals surface area contributed by atoms with E-state index in [4.69, 9.17) is 25.2 Å². The van der Waals surface area contributed by atoms with E-state index < -0.39 is 0 Å². The number of benzene rings is 2. The molecular formula is C22H24N4O2. The van der Waals surface area contributed by atoms with Gasteiger partial charge in [-0.3, -0.25) is 0 Å². The van der Waals surface area contributed by atoms with Gasteiger partial charge in [-0.1, -0.05) is 18.2 Å². The van der Waals surface area contributed by atoms with Gasteiger partial charge in [0.1, 0.15) is 13.2 Å². The van der Waals surface area contributed by atoms with E-state index in [9.17, 15) is 0 Å². The molecule has 1 aliphatic heterocycles. The van der Waals surface area contributed by atoms with Gasteiger partial charge in [0.2, 0.25) is 5.95 Å². The third-order valence-corrected chi connectivity index (χ3v) is 5.57. The molecule has 144 valence electrons. The normalized spacial score (nSPS) is 21.1. The minimum atomic E-state index is 0.282. The van der Waals surface area contributed by atoms with Gasteiger partial charge in [-0.15, -0.1) is 0 Å². The highest BCUT2D eigenvalue weighted by atomic mass is 16.6. The molecule has 5 rings (SSSR count). The SMILES string of the molecule is Cc1nc(N[C@@H]2CC[C@H](N)C2)nc2ccc(-c3cccc4c3OCCO4)cc12. The maximum atomic E-state index is 6.02. The Morgan fingerprint density at radius 3 is 2.82 bits per heavy atom. The molecule has 2 aliphatic rings. The van der Waals surface area contributed by atoms with Crippen molar-refractivity contribution in [2.75, 3.05) is 18.5 Å². The second-order valence-corrected chi connectivity index (χ2v) is 7.61. The molecule has 0 saturated heterocycles. The summed E-state index contributed by atoms with van der Waals surface area (Å²) in [5.41, 5.74) is 10.0. The fourth-order valence-electron chi connectivity index (χ4n) is 4.14. The van der Waals surface area contributed by atoms with E-state index in [-0.39, 0.29) is 6.04 Å². The average molecular weight is 376 g/mol. The molecule has 3 aromatic rings. The summed E-state index contributed by atoms with van der Waals surface area (Å²) in [6.45, 7) is 3.18. The minimum absolute atomic E-state index is 0.282. The first-order chi connectivity index (χ1) is 13.7. The maximum Gasteiger partial charge on any atom is 0.223 e. The van der Waals surface area contributed by atoms with Crippen molar-refractivity contribution in [1.82, 2.24) is 9.97 Å². The number of para-hydroxylation sites is 1. The number of nitrogens with one attached hydrogen (secondary N) is 1. The summed E-state index contributed by atoms with van der Waals surface area (Å²) in [6.07, 6.45) is 3.10. The molecule has 1 fully saturated rings. The van der Waals surface area contributed by atoms with Crippen LogP contribution in [0.25, 0.3) is 22.0 Å². The fourth-order valence-corrected chi connectivity index (χ4v) is 4.14. The zero-order valence-electron chi connectivity index (χ0n) is 15.9. The van der Waals surface area contributed by atoms with E-state index in [1.165, 1.54) is 0 Å². The van der Waals surface area contributed by atoms with Crippen LogP contribution in [0.15, 0.2) is 36.4 Å². The van der Waals surface area contributed by atoms with Crippen molar-refractivity contribution in [3.8, 4) is 22.6 Å². The molecule has 0 radical (unpaired) electrons. The van der Waals surface area contributed by atoms with Crippen LogP contribution in [0, 0.1) is 6.92 Å². The number of fused-ring (bicyclic) bond motifs is 2. The topological polar surface area (TPSA) is 82.3 Å². The van der Waals surface area contributed by atoms with Crippen molar-refractivity contribution in [1.29, 1.82) is 0 Å². The molecule has 3 N–H and O–H groups in total. The number of ether oxygens (including phenoxy) is 2. The number of aromatic nitrogens is 2. The van der Waals surface area contributed by atoms with Gasteiger partial charge in [-0.05, 0) is 49.9 Å². The Morgan fingerprint density at radius 2 is 1.96 bits per heavy atom. The molecule has 28 heavy (non-hydrogen) atoms. The van der Waals surface area contributed by atoms with Crippen LogP contribution in [-0.2, 0) is 0 Å². The summed E-state index contributed by atoms with van der Waals surface area (Å²) >= 11 is 0. The van der Waals surface area contributed by atoms with E-state index in [0.717, 1.165) is 58.5 Å². The van der Waals surface area contributed by atoms with Crippen LogP contribution in [0.4, 0.5) is 5.95 Å². The molecule has 2 heterocycles. The zero-order valence-corrected chi connectivity index (χ0v) is 15.9. The fraction of sp³-hybridized carbons (Fsp3) is 0.364. The van der Waals surface area contributed by atoms with Crippen LogP contribution in [0.3, 0.4) is 0 Å². The number of hydrogen-bond donors (Lipinski definition) is 2. The first-order valence-corrected chi connectivity index (χ1v) is 9.87. The van der Waals surface area contributed by atoms with Crippen molar-refractivity contribution in [3.05, 3.63) is 42.1 Å². The largest absolute Gasteiger partial charge is 0.486 e. The van der Waals surface area contributed by atoms with Crippen molar-refractivity contribution in [2.24, 2.45) is 5.73 Å². The summed E-state index contributed by atoms with van der Waals surface area (Å²) < 4.78 is 11.6. The number of nitrogens with two attached hydrogens (primary N) is 1. The van der Waals surface area contributed by atoms with E-state index in [1.807, 2.05) is 25.1 Å². The lowest BCUT2D eigenvalue weighted by Crippen LogP contribution is -2.21. The molecule has 2 aromatic carbocycles. The Balaban J connectivity index is 1.50. The first-order valence-electron chi connectivity index (χ1n) is 9.87. The first kappa shape index (κ1) is 17.3. The van der Waals surface area contributed by atoms with E-state index >= 15 is 0 Å². The van der Waals surface area contributed by atoms with Crippen molar-refractivity contribution in [3.63, 3.8) is 0 Å². The Morgan fingerprint density at radius 1 is 1.07 bits per heavy atom. The monoisotopic (exact) mass is 376 g/mol. The number of nitrogens with zero attached hydrogens (tertiary/aromatic N) is 2.